The second-order valence-corrected chi connectivity index (χ2v) is 23.6. The minimum absolute atomic E-state index is 0.0260. The molecular weight excluding hydrogens is 757 g/mol. The highest BCUT2D eigenvalue weighted by Crippen LogP contribution is 2.49. The molecule has 0 radical (unpaired) electrons. The van der Waals surface area contributed by atoms with Crippen LogP contribution in [0.2, 0.25) is 0 Å². The smallest absolute Gasteiger partial charge is 0.310 e. The van der Waals surface area contributed by atoms with Gasteiger partial charge in [0, 0.05) is 68.0 Å². The summed E-state index contributed by atoms with van der Waals surface area (Å²) in [5.41, 5.74) is -3.64. The monoisotopic (exact) mass is 835 g/mol. The summed E-state index contributed by atoms with van der Waals surface area (Å²) in [4.78, 5) is 57.9. The topological polar surface area (TPSA) is 176 Å². The molecule has 1 aliphatic carbocycles. The van der Waals surface area contributed by atoms with E-state index in [9.17, 15) is 29.6 Å². The SMILES string of the molecule is CC1(C)CC(COC(=O)C2CC(C(=O)OCC3CC(C)(C)N(O)C3(C)C)C(C(=O)OCC3CC(C)(C)NC3(C)C)C2C(=O)OCC2CC(C)(C)N(O)C2(C)C)C(C)(C)N1. The first-order chi connectivity index (χ1) is 26.7. The Balaban J connectivity index is 1.45. The summed E-state index contributed by atoms with van der Waals surface area (Å²) in [6.45, 7) is 31.9. The van der Waals surface area contributed by atoms with Crippen molar-refractivity contribution in [2.24, 2.45) is 47.3 Å². The molecule has 59 heavy (non-hydrogen) atoms. The van der Waals surface area contributed by atoms with E-state index in [1.165, 1.54) is 10.1 Å². The van der Waals surface area contributed by atoms with Crippen molar-refractivity contribution in [3.8, 4) is 0 Å². The molecule has 5 aliphatic rings. The standard InChI is InChI=1S/C45H78N4O10/c1-38(2)18-26(42(9,10)46-38)22-56-34(50)30-17-31(35(51)57-24-28-20-40(5,6)48(54)44(28,13)14)32(36(52)58-23-27-19-39(3,4)47-43(27,11)12)33(30)37(53)59-25-29-21-41(7,8)49(55)45(29,15)16/h26-33,46-47,54-55H,17-25H2,1-16H3. The molecule has 0 aromatic rings. The maximum atomic E-state index is 14.6. The van der Waals surface area contributed by atoms with Crippen LogP contribution in [-0.4, -0.2) is 115 Å². The molecule has 4 aliphatic heterocycles. The Bertz CT molecular complexity index is 1620. The van der Waals surface area contributed by atoms with E-state index in [2.05, 4.69) is 66.0 Å². The molecule has 4 heterocycles. The third kappa shape index (κ3) is 9.53. The average Bonchev–Trinajstić information content (AvgIpc) is 3.75. The molecule has 0 amide bonds. The third-order valence-corrected chi connectivity index (χ3v) is 15.2. The van der Waals surface area contributed by atoms with Crippen LogP contribution >= 0.6 is 0 Å². The zero-order valence-electron chi connectivity index (χ0n) is 39.0. The molecule has 0 bridgehead atoms. The molecule has 0 aromatic heterocycles. The van der Waals surface area contributed by atoms with Gasteiger partial charge in [-0.2, -0.15) is 10.1 Å². The maximum Gasteiger partial charge on any atom is 0.310 e. The van der Waals surface area contributed by atoms with Crippen molar-refractivity contribution in [3.63, 3.8) is 0 Å². The van der Waals surface area contributed by atoms with Crippen molar-refractivity contribution in [3.05, 3.63) is 0 Å². The van der Waals surface area contributed by atoms with Crippen LogP contribution < -0.4 is 10.6 Å². The Morgan fingerprint density at radius 3 is 1.02 bits per heavy atom. The van der Waals surface area contributed by atoms with Gasteiger partial charge in [-0.1, -0.05) is 0 Å². The molecule has 8 atom stereocenters. The quantitative estimate of drug-likeness (QED) is 0.135. The van der Waals surface area contributed by atoms with Crippen molar-refractivity contribution in [2.75, 3.05) is 26.4 Å². The number of hydroxylamine groups is 4. The van der Waals surface area contributed by atoms with E-state index >= 15 is 0 Å². The van der Waals surface area contributed by atoms with Crippen LogP contribution in [0.3, 0.4) is 0 Å². The number of carbonyl (C=O) groups is 4. The molecule has 5 fully saturated rings. The number of hydrogen-bond donors (Lipinski definition) is 4. The van der Waals surface area contributed by atoms with Gasteiger partial charge in [0.1, 0.15) is 0 Å². The number of carbonyl (C=O) groups excluding carboxylic acids is 4. The van der Waals surface area contributed by atoms with Gasteiger partial charge in [-0.3, -0.25) is 19.2 Å². The van der Waals surface area contributed by atoms with Gasteiger partial charge in [-0.15, -0.1) is 0 Å². The molecular formula is C45H78N4O10. The highest BCUT2D eigenvalue weighted by Gasteiger charge is 2.60. The highest BCUT2D eigenvalue weighted by atomic mass is 16.6. The molecule has 0 aromatic carbocycles. The average molecular weight is 835 g/mol. The second-order valence-electron chi connectivity index (χ2n) is 23.6. The van der Waals surface area contributed by atoms with E-state index in [0.717, 1.165) is 12.8 Å². The predicted octanol–water partition coefficient (Wildman–Crippen LogP) is 5.90. The van der Waals surface area contributed by atoms with E-state index in [1.54, 1.807) is 0 Å². The molecule has 4 saturated heterocycles. The summed E-state index contributed by atoms with van der Waals surface area (Å²) in [6.07, 6.45) is 2.40. The van der Waals surface area contributed by atoms with Crippen molar-refractivity contribution < 1.29 is 48.5 Å². The summed E-state index contributed by atoms with van der Waals surface area (Å²) < 4.78 is 24.2. The second kappa shape index (κ2) is 15.8. The van der Waals surface area contributed by atoms with E-state index in [-0.39, 0.29) is 78.7 Å². The number of nitrogens with one attached hydrogen (secondary N) is 2. The van der Waals surface area contributed by atoms with Gasteiger partial charge in [0.2, 0.25) is 0 Å². The molecule has 338 valence electrons. The maximum absolute atomic E-state index is 14.6. The summed E-state index contributed by atoms with van der Waals surface area (Å²) >= 11 is 0. The molecule has 5 rings (SSSR count). The molecule has 14 nitrogen and oxygen atoms in total. The fourth-order valence-electron chi connectivity index (χ4n) is 11.9. The van der Waals surface area contributed by atoms with Crippen LogP contribution in [0.1, 0.15) is 143 Å². The van der Waals surface area contributed by atoms with E-state index in [0.29, 0.717) is 12.8 Å². The van der Waals surface area contributed by atoms with Crippen LogP contribution in [0.4, 0.5) is 0 Å². The molecule has 14 heteroatoms. The lowest BCUT2D eigenvalue weighted by Gasteiger charge is -2.36. The number of ether oxygens (including phenoxy) is 4. The summed E-state index contributed by atoms with van der Waals surface area (Å²) in [5, 5.41) is 31.8. The van der Waals surface area contributed by atoms with Gasteiger partial charge in [-0.05, 0) is 143 Å². The Kier molecular flexibility index (Phi) is 12.7. The lowest BCUT2D eigenvalue weighted by Crippen LogP contribution is -2.48. The number of esters is 4. The molecule has 0 spiro atoms. The van der Waals surface area contributed by atoms with E-state index in [1.807, 2.05) is 55.4 Å². The third-order valence-electron chi connectivity index (χ3n) is 15.2. The molecule has 1 saturated carbocycles. The Labute approximate surface area is 353 Å². The van der Waals surface area contributed by atoms with E-state index < -0.39 is 69.7 Å². The number of rotatable bonds is 12. The van der Waals surface area contributed by atoms with Gasteiger partial charge in [0.05, 0.1) is 50.1 Å². The molecule has 8 unspecified atom stereocenters. The van der Waals surface area contributed by atoms with Crippen LogP contribution in [0, 0.1) is 47.3 Å². The van der Waals surface area contributed by atoms with Gasteiger partial charge in [0.25, 0.3) is 0 Å². The highest BCUT2D eigenvalue weighted by molar-refractivity contribution is 5.93. The fraction of sp³-hybridized carbons (Fsp3) is 0.911. The Morgan fingerprint density at radius 1 is 0.475 bits per heavy atom. The Hall–Kier alpha value is -2.36. The predicted molar refractivity (Wildman–Crippen MR) is 221 cm³/mol. The van der Waals surface area contributed by atoms with Gasteiger partial charge in [-0.25, -0.2) is 0 Å². The zero-order chi connectivity index (χ0) is 44.7. The first kappa shape index (κ1) is 47.7. The van der Waals surface area contributed by atoms with Crippen LogP contribution in [-0.2, 0) is 38.1 Å². The van der Waals surface area contributed by atoms with Gasteiger partial charge in [0.15, 0.2) is 0 Å². The van der Waals surface area contributed by atoms with Crippen LogP contribution in [0.15, 0.2) is 0 Å². The summed E-state index contributed by atoms with van der Waals surface area (Å²) in [5.74, 6) is -8.71. The van der Waals surface area contributed by atoms with Crippen LogP contribution in [0.5, 0.6) is 0 Å². The largest absolute Gasteiger partial charge is 0.465 e. The Morgan fingerprint density at radius 2 is 0.763 bits per heavy atom. The normalized spacial score (nSPS) is 36.0. The summed E-state index contributed by atoms with van der Waals surface area (Å²) in [6, 6.07) is 0. The fourth-order valence-corrected chi connectivity index (χ4v) is 11.9. The van der Waals surface area contributed by atoms with E-state index in [4.69, 9.17) is 18.9 Å². The number of hydrogen-bond acceptors (Lipinski definition) is 14. The van der Waals surface area contributed by atoms with Crippen molar-refractivity contribution in [2.45, 2.75) is 187 Å². The summed E-state index contributed by atoms with van der Waals surface area (Å²) in [7, 11) is 0. The minimum Gasteiger partial charge on any atom is -0.465 e. The number of nitrogens with zero attached hydrogens (tertiary/aromatic N) is 2. The lowest BCUT2D eigenvalue weighted by molar-refractivity contribution is -0.199. The molecule has 4 N–H and O–H groups in total. The zero-order valence-corrected chi connectivity index (χ0v) is 39.0. The van der Waals surface area contributed by atoms with Crippen LogP contribution in [0.25, 0.3) is 0 Å². The van der Waals surface area contributed by atoms with Crippen molar-refractivity contribution in [1.29, 1.82) is 0 Å². The van der Waals surface area contributed by atoms with Crippen molar-refractivity contribution in [1.82, 2.24) is 20.8 Å². The lowest BCUT2D eigenvalue weighted by atomic mass is 9.85. The first-order valence-electron chi connectivity index (χ1n) is 21.9. The first-order valence-corrected chi connectivity index (χ1v) is 21.9. The van der Waals surface area contributed by atoms with Gasteiger partial charge < -0.3 is 40.0 Å². The minimum atomic E-state index is -1.39. The van der Waals surface area contributed by atoms with Crippen molar-refractivity contribution >= 4 is 23.9 Å². The van der Waals surface area contributed by atoms with Gasteiger partial charge >= 0.3 is 23.9 Å².